The van der Waals surface area contributed by atoms with Crippen LogP contribution in [0.1, 0.15) is 5.56 Å². The summed E-state index contributed by atoms with van der Waals surface area (Å²) in [5.41, 5.74) is -4.85. The molecule has 1 aromatic rings. The maximum absolute atomic E-state index is 12.2. The summed E-state index contributed by atoms with van der Waals surface area (Å²) in [6, 6.07) is 8.43. The van der Waals surface area contributed by atoms with E-state index in [2.05, 4.69) is 9.47 Å². The number of hydrogen-bond acceptors (Lipinski definition) is 7. The molecule has 3 aliphatic rings. The third-order valence-electron chi connectivity index (χ3n) is 4.30. The zero-order valence-corrected chi connectivity index (χ0v) is 11.4. The fourth-order valence-electron chi connectivity index (χ4n) is 3.15. The standard InChI is InChI=1S/C16H8O7/c17-11-10-9(8-4-2-1-3-5-8)6-7-15(12(18)22-11)13(19)23-14(20)16(10,15)21/h1-7,21H. The van der Waals surface area contributed by atoms with Crippen molar-refractivity contribution in [3.8, 4) is 0 Å². The summed E-state index contributed by atoms with van der Waals surface area (Å²) in [6.07, 6.45) is 2.40. The number of carbonyl (C=O) groups excluding carboxylic acids is 4. The molecule has 114 valence electrons. The van der Waals surface area contributed by atoms with Crippen molar-refractivity contribution in [3.05, 3.63) is 53.6 Å². The monoisotopic (exact) mass is 312 g/mol. The molecule has 2 aliphatic heterocycles. The van der Waals surface area contributed by atoms with Gasteiger partial charge in [-0.3, -0.25) is 0 Å². The van der Waals surface area contributed by atoms with Crippen molar-refractivity contribution in [3.63, 3.8) is 0 Å². The highest BCUT2D eigenvalue weighted by molar-refractivity contribution is 6.28. The van der Waals surface area contributed by atoms with E-state index >= 15 is 0 Å². The highest BCUT2D eigenvalue weighted by Crippen LogP contribution is 2.54. The molecule has 2 heterocycles. The van der Waals surface area contributed by atoms with Crippen LogP contribution in [0.2, 0.25) is 0 Å². The van der Waals surface area contributed by atoms with E-state index in [9.17, 15) is 24.3 Å². The number of carbonyl (C=O) groups is 4. The van der Waals surface area contributed by atoms with Crippen molar-refractivity contribution in [1.29, 1.82) is 0 Å². The van der Waals surface area contributed by atoms with E-state index < -0.39 is 40.5 Å². The van der Waals surface area contributed by atoms with E-state index in [0.29, 0.717) is 5.56 Å². The van der Waals surface area contributed by atoms with E-state index in [-0.39, 0.29) is 5.57 Å². The first kappa shape index (κ1) is 13.6. The molecule has 0 aromatic heterocycles. The van der Waals surface area contributed by atoms with Gasteiger partial charge in [0.1, 0.15) is 0 Å². The molecule has 7 nitrogen and oxygen atoms in total. The van der Waals surface area contributed by atoms with Gasteiger partial charge in [-0.05, 0) is 11.1 Å². The Balaban J connectivity index is 2.08. The maximum Gasteiger partial charge on any atom is 0.353 e. The van der Waals surface area contributed by atoms with Crippen molar-refractivity contribution in [1.82, 2.24) is 0 Å². The summed E-state index contributed by atoms with van der Waals surface area (Å²) >= 11 is 0. The van der Waals surface area contributed by atoms with Crippen LogP contribution in [0, 0.1) is 5.41 Å². The topological polar surface area (TPSA) is 107 Å². The second-order valence-corrected chi connectivity index (χ2v) is 5.36. The first-order valence-electron chi connectivity index (χ1n) is 6.68. The Hall–Kier alpha value is -3.06. The first-order valence-corrected chi connectivity index (χ1v) is 6.68. The molecule has 2 unspecified atom stereocenters. The van der Waals surface area contributed by atoms with E-state index in [0.717, 1.165) is 6.08 Å². The molecule has 2 saturated heterocycles. The molecule has 1 aliphatic carbocycles. The summed E-state index contributed by atoms with van der Waals surface area (Å²) in [5.74, 6) is -5.13. The van der Waals surface area contributed by atoms with Gasteiger partial charge in [0.05, 0.1) is 5.57 Å². The Kier molecular flexibility index (Phi) is 2.38. The second kappa shape index (κ2) is 4.02. The predicted molar refractivity (Wildman–Crippen MR) is 72.1 cm³/mol. The van der Waals surface area contributed by atoms with Crippen molar-refractivity contribution < 1.29 is 33.8 Å². The lowest BCUT2D eigenvalue weighted by atomic mass is 9.63. The highest BCUT2D eigenvalue weighted by atomic mass is 16.6. The van der Waals surface area contributed by atoms with E-state index in [1.54, 1.807) is 30.3 Å². The molecular formula is C16H8O7. The van der Waals surface area contributed by atoms with Crippen molar-refractivity contribution in [2.24, 2.45) is 5.41 Å². The minimum Gasteiger partial charge on any atom is -0.389 e. The van der Waals surface area contributed by atoms with Gasteiger partial charge in [-0.2, -0.15) is 0 Å². The Morgan fingerprint density at radius 1 is 0.870 bits per heavy atom. The van der Waals surface area contributed by atoms with Gasteiger partial charge in [0.2, 0.25) is 11.0 Å². The van der Waals surface area contributed by atoms with Crippen molar-refractivity contribution in [2.75, 3.05) is 0 Å². The van der Waals surface area contributed by atoms with Gasteiger partial charge in [-0.1, -0.05) is 42.5 Å². The molecule has 4 rings (SSSR count). The van der Waals surface area contributed by atoms with E-state index in [1.807, 2.05) is 0 Å². The molecule has 2 atom stereocenters. The zero-order chi connectivity index (χ0) is 16.4. The minimum absolute atomic E-state index is 0.188. The van der Waals surface area contributed by atoms with Crippen LogP contribution in [-0.4, -0.2) is 34.6 Å². The molecular weight excluding hydrogens is 304 g/mol. The van der Waals surface area contributed by atoms with Gasteiger partial charge in [0, 0.05) is 0 Å². The van der Waals surface area contributed by atoms with Crippen LogP contribution in [0.3, 0.4) is 0 Å². The molecule has 1 aromatic carbocycles. The molecule has 0 radical (unpaired) electrons. The molecule has 0 spiro atoms. The first-order chi connectivity index (χ1) is 10.9. The number of allylic oxidation sites excluding steroid dienone is 2. The fraction of sp³-hybridized carbons (Fsp3) is 0.125. The highest BCUT2D eigenvalue weighted by Gasteiger charge is 2.79. The fourth-order valence-corrected chi connectivity index (χ4v) is 3.15. The predicted octanol–water partition coefficient (Wildman–Crippen LogP) is -0.106. The van der Waals surface area contributed by atoms with E-state index in [4.69, 9.17) is 0 Å². The summed E-state index contributed by atoms with van der Waals surface area (Å²) < 4.78 is 9.05. The van der Waals surface area contributed by atoms with Crippen LogP contribution in [0.25, 0.3) is 5.57 Å². The number of ether oxygens (including phenoxy) is 2. The molecule has 2 fully saturated rings. The third kappa shape index (κ3) is 1.33. The number of aliphatic hydroxyl groups is 1. The number of esters is 4. The van der Waals surface area contributed by atoms with Crippen molar-refractivity contribution in [2.45, 2.75) is 5.60 Å². The van der Waals surface area contributed by atoms with Crippen LogP contribution in [-0.2, 0) is 28.7 Å². The lowest BCUT2D eigenvalue weighted by Crippen LogP contribution is -2.63. The number of rotatable bonds is 1. The molecule has 0 saturated carbocycles. The summed E-state index contributed by atoms with van der Waals surface area (Å²) in [4.78, 5) is 48.4. The Bertz CT molecular complexity index is 864. The van der Waals surface area contributed by atoms with Crippen LogP contribution >= 0.6 is 0 Å². The summed E-state index contributed by atoms with van der Waals surface area (Å²) in [6.45, 7) is 0. The van der Waals surface area contributed by atoms with Gasteiger partial charge < -0.3 is 14.6 Å². The average molecular weight is 312 g/mol. The third-order valence-corrected chi connectivity index (χ3v) is 4.30. The summed E-state index contributed by atoms with van der Waals surface area (Å²) in [7, 11) is 0. The van der Waals surface area contributed by atoms with Gasteiger partial charge in [-0.15, -0.1) is 0 Å². The molecule has 1 N–H and O–H groups in total. The molecule has 7 heteroatoms. The van der Waals surface area contributed by atoms with Crippen LogP contribution in [0.5, 0.6) is 0 Å². The Morgan fingerprint density at radius 3 is 2.22 bits per heavy atom. The van der Waals surface area contributed by atoms with Gasteiger partial charge in [-0.25, -0.2) is 19.2 Å². The minimum atomic E-state index is -2.71. The lowest BCUT2D eigenvalue weighted by Gasteiger charge is -2.39. The molecule has 2 bridgehead atoms. The normalized spacial score (nSPS) is 31.9. The van der Waals surface area contributed by atoms with Crippen LogP contribution in [0.4, 0.5) is 0 Å². The number of hydrogen-bond donors (Lipinski definition) is 1. The molecule has 0 amide bonds. The summed E-state index contributed by atoms with van der Waals surface area (Å²) in [5, 5.41) is 10.9. The quantitative estimate of drug-likeness (QED) is 0.569. The largest absolute Gasteiger partial charge is 0.389 e. The zero-order valence-electron chi connectivity index (χ0n) is 11.4. The van der Waals surface area contributed by atoms with Crippen molar-refractivity contribution >= 4 is 29.5 Å². The average Bonchev–Trinajstić information content (AvgIpc) is 2.73. The molecule has 23 heavy (non-hydrogen) atoms. The Morgan fingerprint density at radius 2 is 1.52 bits per heavy atom. The number of benzene rings is 1. The SMILES string of the molecule is O=C1OC(=O)C23C=CC(c4ccccc4)=C1C2(O)C(=O)OC3=O. The van der Waals surface area contributed by atoms with E-state index in [1.165, 1.54) is 6.08 Å². The Labute approximate surface area is 128 Å². The lowest BCUT2D eigenvalue weighted by molar-refractivity contribution is -0.182. The number of cyclic esters (lactones) is 4. The maximum atomic E-state index is 12.2. The van der Waals surface area contributed by atoms with Crippen LogP contribution in [0.15, 0.2) is 48.1 Å². The smallest absolute Gasteiger partial charge is 0.353 e. The van der Waals surface area contributed by atoms with Gasteiger partial charge >= 0.3 is 23.9 Å². The van der Waals surface area contributed by atoms with Gasteiger partial charge in [0.15, 0.2) is 0 Å². The van der Waals surface area contributed by atoms with Crippen LogP contribution < -0.4 is 0 Å². The van der Waals surface area contributed by atoms with Gasteiger partial charge in [0.25, 0.3) is 0 Å². The second-order valence-electron chi connectivity index (χ2n) is 5.36.